The van der Waals surface area contributed by atoms with E-state index in [9.17, 15) is 14.9 Å². The molecule has 0 aliphatic carbocycles. The van der Waals surface area contributed by atoms with Crippen LogP contribution in [0, 0.1) is 17.0 Å². The van der Waals surface area contributed by atoms with Gasteiger partial charge in [-0.15, -0.1) is 0 Å². The van der Waals surface area contributed by atoms with Crippen LogP contribution in [0.25, 0.3) is 0 Å². The Labute approximate surface area is 155 Å². The molecule has 3 rings (SSSR count). The maximum atomic E-state index is 11.6. The van der Waals surface area contributed by atoms with Gasteiger partial charge in [0.25, 0.3) is 11.6 Å². The second kappa shape index (κ2) is 7.17. The quantitative estimate of drug-likeness (QED) is 0.649. The average Bonchev–Trinajstić information content (AvgIpc) is 2.61. The standard InChI is InChI=1S/C17H18ClN5O3/c1-11-9-12(23(25)26)10-14(18)15(11)21-5-7-22(8-6-21)17-13(16(19)24)3-2-4-20-17/h2-4,9-10H,5-8H2,1H3,(H2,19,24). The molecule has 0 saturated carbocycles. The number of anilines is 2. The number of amides is 1. The Bertz CT molecular complexity index is 842. The fourth-order valence-corrected chi connectivity index (χ4v) is 3.59. The molecule has 1 aliphatic heterocycles. The number of halogens is 1. The molecular weight excluding hydrogens is 358 g/mol. The Morgan fingerprint density at radius 1 is 1.27 bits per heavy atom. The molecule has 0 atom stereocenters. The molecule has 0 unspecified atom stereocenters. The van der Waals surface area contributed by atoms with E-state index in [4.69, 9.17) is 17.3 Å². The number of piperazine rings is 1. The van der Waals surface area contributed by atoms with E-state index in [1.54, 1.807) is 18.3 Å². The number of rotatable bonds is 4. The van der Waals surface area contributed by atoms with Gasteiger partial charge in [-0.1, -0.05) is 11.6 Å². The Balaban J connectivity index is 1.80. The molecule has 2 heterocycles. The molecule has 0 radical (unpaired) electrons. The molecule has 9 heteroatoms. The first-order valence-corrected chi connectivity index (χ1v) is 8.45. The smallest absolute Gasteiger partial charge is 0.271 e. The van der Waals surface area contributed by atoms with Crippen LogP contribution in [-0.4, -0.2) is 42.0 Å². The predicted octanol–water partition coefficient (Wildman–Crippen LogP) is 2.38. The van der Waals surface area contributed by atoms with E-state index in [1.807, 2.05) is 11.8 Å². The van der Waals surface area contributed by atoms with Crippen LogP contribution >= 0.6 is 11.6 Å². The van der Waals surface area contributed by atoms with Gasteiger partial charge in [0, 0.05) is 44.5 Å². The molecule has 26 heavy (non-hydrogen) atoms. The van der Waals surface area contributed by atoms with E-state index >= 15 is 0 Å². The van der Waals surface area contributed by atoms with Gasteiger partial charge in [0.1, 0.15) is 5.82 Å². The second-order valence-corrected chi connectivity index (χ2v) is 6.47. The third-order valence-corrected chi connectivity index (χ3v) is 4.69. The lowest BCUT2D eigenvalue weighted by atomic mass is 10.1. The lowest BCUT2D eigenvalue weighted by molar-refractivity contribution is -0.384. The van der Waals surface area contributed by atoms with Crippen molar-refractivity contribution in [1.82, 2.24) is 4.98 Å². The zero-order valence-corrected chi connectivity index (χ0v) is 14.9. The van der Waals surface area contributed by atoms with Gasteiger partial charge in [-0.05, 0) is 24.6 Å². The second-order valence-electron chi connectivity index (χ2n) is 6.06. The molecule has 0 bridgehead atoms. The van der Waals surface area contributed by atoms with Gasteiger partial charge in [0.2, 0.25) is 0 Å². The molecule has 0 spiro atoms. The van der Waals surface area contributed by atoms with Crippen molar-refractivity contribution in [2.45, 2.75) is 6.92 Å². The fraction of sp³-hybridized carbons (Fsp3) is 0.294. The Morgan fingerprint density at radius 2 is 1.92 bits per heavy atom. The first-order valence-electron chi connectivity index (χ1n) is 8.07. The molecule has 1 saturated heterocycles. The van der Waals surface area contributed by atoms with Crippen LogP contribution in [0.2, 0.25) is 5.02 Å². The van der Waals surface area contributed by atoms with Gasteiger partial charge in [-0.3, -0.25) is 14.9 Å². The van der Waals surface area contributed by atoms with E-state index < -0.39 is 10.8 Å². The highest BCUT2D eigenvalue weighted by molar-refractivity contribution is 6.33. The fourth-order valence-electron chi connectivity index (χ4n) is 3.21. The van der Waals surface area contributed by atoms with E-state index in [1.165, 1.54) is 12.1 Å². The minimum atomic E-state index is -0.509. The van der Waals surface area contributed by atoms with E-state index in [-0.39, 0.29) is 5.69 Å². The molecule has 1 aromatic heterocycles. The summed E-state index contributed by atoms with van der Waals surface area (Å²) < 4.78 is 0. The van der Waals surface area contributed by atoms with Crippen LogP contribution in [0.5, 0.6) is 0 Å². The minimum absolute atomic E-state index is 0.0190. The Kier molecular flexibility index (Phi) is 4.94. The summed E-state index contributed by atoms with van der Waals surface area (Å²) in [6.07, 6.45) is 1.63. The number of carbonyl (C=O) groups excluding carboxylic acids is 1. The van der Waals surface area contributed by atoms with Crippen molar-refractivity contribution in [2.24, 2.45) is 5.73 Å². The normalized spacial score (nSPS) is 14.4. The molecular formula is C17H18ClN5O3. The molecule has 1 fully saturated rings. The number of hydrogen-bond acceptors (Lipinski definition) is 6. The summed E-state index contributed by atoms with van der Waals surface area (Å²) in [5.74, 6) is 0.0657. The van der Waals surface area contributed by atoms with Crippen LogP contribution in [0.4, 0.5) is 17.2 Å². The van der Waals surface area contributed by atoms with Crippen molar-refractivity contribution in [3.63, 3.8) is 0 Å². The van der Waals surface area contributed by atoms with Crippen LogP contribution < -0.4 is 15.5 Å². The largest absolute Gasteiger partial charge is 0.367 e. The van der Waals surface area contributed by atoms with Crippen molar-refractivity contribution in [1.29, 1.82) is 0 Å². The van der Waals surface area contributed by atoms with E-state index in [0.29, 0.717) is 42.6 Å². The third kappa shape index (κ3) is 3.41. The van der Waals surface area contributed by atoms with Gasteiger partial charge < -0.3 is 15.5 Å². The minimum Gasteiger partial charge on any atom is -0.367 e. The van der Waals surface area contributed by atoms with E-state index in [2.05, 4.69) is 9.88 Å². The van der Waals surface area contributed by atoms with Crippen molar-refractivity contribution in [3.8, 4) is 0 Å². The molecule has 2 aromatic rings. The molecule has 1 aromatic carbocycles. The number of nitrogens with zero attached hydrogens (tertiary/aromatic N) is 4. The summed E-state index contributed by atoms with van der Waals surface area (Å²) in [5, 5.41) is 11.3. The first-order chi connectivity index (χ1) is 12.4. The first kappa shape index (κ1) is 17.9. The highest BCUT2D eigenvalue weighted by Gasteiger charge is 2.25. The van der Waals surface area contributed by atoms with Gasteiger partial charge in [0.05, 0.1) is 21.2 Å². The molecule has 1 amide bonds. The highest BCUT2D eigenvalue weighted by atomic mass is 35.5. The Morgan fingerprint density at radius 3 is 2.50 bits per heavy atom. The third-order valence-electron chi connectivity index (χ3n) is 4.40. The maximum Gasteiger partial charge on any atom is 0.271 e. The van der Waals surface area contributed by atoms with E-state index in [0.717, 1.165) is 11.3 Å². The number of primary amides is 1. The van der Waals surface area contributed by atoms with Crippen LogP contribution in [-0.2, 0) is 0 Å². The number of aromatic nitrogens is 1. The number of nitro benzene ring substituents is 1. The van der Waals surface area contributed by atoms with Crippen molar-refractivity contribution < 1.29 is 9.72 Å². The van der Waals surface area contributed by atoms with Crippen LogP contribution in [0.3, 0.4) is 0 Å². The Hall–Kier alpha value is -2.87. The summed E-state index contributed by atoms with van der Waals surface area (Å²) in [4.78, 5) is 30.5. The molecule has 136 valence electrons. The number of nitrogens with two attached hydrogens (primary N) is 1. The van der Waals surface area contributed by atoms with Gasteiger partial charge in [0.15, 0.2) is 0 Å². The average molecular weight is 376 g/mol. The summed E-state index contributed by atoms with van der Waals surface area (Å²) in [7, 11) is 0. The van der Waals surface area contributed by atoms with Gasteiger partial charge >= 0.3 is 0 Å². The number of hydrogen-bond donors (Lipinski definition) is 1. The zero-order valence-electron chi connectivity index (χ0n) is 14.2. The lowest BCUT2D eigenvalue weighted by Crippen LogP contribution is -2.47. The van der Waals surface area contributed by atoms with Crippen LogP contribution in [0.1, 0.15) is 15.9 Å². The topological polar surface area (TPSA) is 106 Å². The summed E-state index contributed by atoms with van der Waals surface area (Å²) >= 11 is 6.30. The van der Waals surface area contributed by atoms with Gasteiger partial charge in [-0.25, -0.2) is 4.98 Å². The molecule has 8 nitrogen and oxygen atoms in total. The van der Waals surface area contributed by atoms with Crippen molar-refractivity contribution in [2.75, 3.05) is 36.0 Å². The number of nitro groups is 1. The number of aryl methyl sites for hydroxylation is 1. The lowest BCUT2D eigenvalue weighted by Gasteiger charge is -2.38. The van der Waals surface area contributed by atoms with Gasteiger partial charge in [-0.2, -0.15) is 0 Å². The monoisotopic (exact) mass is 375 g/mol. The van der Waals surface area contributed by atoms with Crippen molar-refractivity contribution >= 4 is 34.7 Å². The summed E-state index contributed by atoms with van der Waals surface area (Å²) in [6, 6.07) is 6.24. The highest BCUT2D eigenvalue weighted by Crippen LogP contribution is 2.34. The SMILES string of the molecule is Cc1cc([N+](=O)[O-])cc(Cl)c1N1CCN(c2ncccc2C(N)=O)CC1. The number of carbonyl (C=O) groups is 1. The number of benzene rings is 1. The summed E-state index contributed by atoms with van der Waals surface area (Å²) in [6.45, 7) is 4.36. The number of non-ortho nitro benzene ring substituents is 1. The zero-order chi connectivity index (χ0) is 18.8. The molecule has 2 N–H and O–H groups in total. The van der Waals surface area contributed by atoms with Crippen LogP contribution in [0.15, 0.2) is 30.5 Å². The van der Waals surface area contributed by atoms with Crippen molar-refractivity contribution in [3.05, 3.63) is 56.7 Å². The summed E-state index contributed by atoms with van der Waals surface area (Å²) in [5.41, 5.74) is 7.36. The maximum absolute atomic E-state index is 11.6. The number of pyridine rings is 1. The molecule has 1 aliphatic rings. The predicted molar refractivity (Wildman–Crippen MR) is 100 cm³/mol.